The zero-order chi connectivity index (χ0) is 15.4. The summed E-state index contributed by atoms with van der Waals surface area (Å²) < 4.78 is 13.6. The van der Waals surface area contributed by atoms with Crippen LogP contribution >= 0.6 is 0 Å². The van der Waals surface area contributed by atoms with Gasteiger partial charge in [-0.1, -0.05) is 23.8 Å². The topological polar surface area (TPSA) is 66.4 Å². The van der Waals surface area contributed by atoms with Gasteiger partial charge in [-0.2, -0.15) is 0 Å². The van der Waals surface area contributed by atoms with Gasteiger partial charge in [0.05, 0.1) is 11.1 Å². The number of hydrogen-bond donors (Lipinski definition) is 2. The number of nitrogens with one attached hydrogen (secondary N) is 1. The van der Waals surface area contributed by atoms with Gasteiger partial charge in [0.2, 0.25) is 0 Å². The average molecular weight is 287 g/mol. The number of rotatable bonds is 4. The van der Waals surface area contributed by atoms with E-state index in [2.05, 4.69) is 5.32 Å². The van der Waals surface area contributed by atoms with Crippen LogP contribution in [0.3, 0.4) is 0 Å². The molecule has 0 aliphatic heterocycles. The lowest BCUT2D eigenvalue weighted by atomic mass is 10.1. The van der Waals surface area contributed by atoms with Gasteiger partial charge in [-0.15, -0.1) is 0 Å². The Hall–Kier alpha value is -2.69. The Morgan fingerprint density at radius 1 is 1.14 bits per heavy atom. The van der Waals surface area contributed by atoms with E-state index in [0.717, 1.165) is 11.1 Å². The van der Waals surface area contributed by atoms with Gasteiger partial charge in [0.25, 0.3) is 5.91 Å². The van der Waals surface area contributed by atoms with Gasteiger partial charge >= 0.3 is 5.97 Å². The van der Waals surface area contributed by atoms with Crippen molar-refractivity contribution in [1.82, 2.24) is 5.32 Å². The second-order valence-electron chi connectivity index (χ2n) is 4.67. The van der Waals surface area contributed by atoms with Crippen LogP contribution in [0.1, 0.15) is 31.8 Å². The number of carbonyl (C=O) groups excluding carboxylic acids is 1. The fraction of sp³-hybridized carbons (Fsp3) is 0.125. The lowest BCUT2D eigenvalue weighted by molar-refractivity contribution is 0.0696. The average Bonchev–Trinajstić information content (AvgIpc) is 2.47. The third-order valence-electron chi connectivity index (χ3n) is 3.02. The van der Waals surface area contributed by atoms with E-state index in [1.807, 2.05) is 0 Å². The smallest absolute Gasteiger partial charge is 0.335 e. The molecule has 2 aromatic carbocycles. The molecular formula is C16H14FNO3. The lowest BCUT2D eigenvalue weighted by Crippen LogP contribution is -2.24. The number of benzene rings is 2. The largest absolute Gasteiger partial charge is 0.478 e. The molecule has 0 aromatic heterocycles. The molecule has 0 heterocycles. The molecule has 0 saturated heterocycles. The summed E-state index contributed by atoms with van der Waals surface area (Å²) in [4.78, 5) is 22.6. The SMILES string of the molecule is Cc1ccc(F)c(C(=O)NCc2ccc(C(=O)O)cc2)c1. The maximum absolute atomic E-state index is 13.6. The van der Waals surface area contributed by atoms with E-state index in [0.29, 0.717) is 0 Å². The number of halogens is 1. The van der Waals surface area contributed by atoms with Gasteiger partial charge in [0, 0.05) is 6.54 Å². The van der Waals surface area contributed by atoms with Crippen LogP contribution in [-0.4, -0.2) is 17.0 Å². The Labute approximate surface area is 121 Å². The molecule has 5 heteroatoms. The first kappa shape index (κ1) is 14.7. The van der Waals surface area contributed by atoms with Gasteiger partial charge in [-0.3, -0.25) is 4.79 Å². The molecule has 0 aliphatic carbocycles. The summed E-state index contributed by atoms with van der Waals surface area (Å²) in [7, 11) is 0. The van der Waals surface area contributed by atoms with E-state index in [1.165, 1.54) is 24.3 Å². The minimum atomic E-state index is -1.01. The Morgan fingerprint density at radius 3 is 2.43 bits per heavy atom. The quantitative estimate of drug-likeness (QED) is 0.908. The van der Waals surface area contributed by atoms with Crippen molar-refractivity contribution in [2.75, 3.05) is 0 Å². The second-order valence-corrected chi connectivity index (χ2v) is 4.67. The summed E-state index contributed by atoms with van der Waals surface area (Å²) in [5, 5.41) is 11.4. The number of carbonyl (C=O) groups is 2. The predicted molar refractivity (Wildman–Crippen MR) is 75.7 cm³/mol. The molecule has 4 nitrogen and oxygen atoms in total. The standard InChI is InChI=1S/C16H14FNO3/c1-10-2-7-14(17)13(8-10)15(19)18-9-11-3-5-12(6-4-11)16(20)21/h2-8H,9H2,1H3,(H,18,19)(H,20,21). The number of hydrogen-bond acceptors (Lipinski definition) is 2. The van der Waals surface area contributed by atoms with Crippen molar-refractivity contribution in [2.45, 2.75) is 13.5 Å². The fourth-order valence-electron chi connectivity index (χ4n) is 1.86. The van der Waals surface area contributed by atoms with Gasteiger partial charge in [-0.25, -0.2) is 9.18 Å². The highest BCUT2D eigenvalue weighted by Gasteiger charge is 2.11. The van der Waals surface area contributed by atoms with Gasteiger partial charge in [0.15, 0.2) is 0 Å². The minimum absolute atomic E-state index is 0.00263. The number of carboxylic acids is 1. The second kappa shape index (κ2) is 6.17. The molecule has 2 N–H and O–H groups in total. The van der Waals surface area contributed by atoms with E-state index >= 15 is 0 Å². The third kappa shape index (κ3) is 3.66. The molecule has 0 bridgehead atoms. The van der Waals surface area contributed by atoms with Crippen LogP contribution < -0.4 is 5.32 Å². The number of carboxylic acid groups (broad SMARTS) is 1. The van der Waals surface area contributed by atoms with Gasteiger partial charge in [0.1, 0.15) is 5.82 Å². The highest BCUT2D eigenvalue weighted by molar-refractivity contribution is 5.94. The summed E-state index contributed by atoms with van der Waals surface area (Å²) >= 11 is 0. The molecule has 0 fully saturated rings. The fourth-order valence-corrected chi connectivity index (χ4v) is 1.86. The molecule has 2 aromatic rings. The van der Waals surface area contributed by atoms with E-state index in [4.69, 9.17) is 5.11 Å². The van der Waals surface area contributed by atoms with Crippen molar-refractivity contribution in [3.8, 4) is 0 Å². The minimum Gasteiger partial charge on any atom is -0.478 e. The van der Waals surface area contributed by atoms with Crippen molar-refractivity contribution in [3.05, 3.63) is 70.5 Å². The Bertz CT molecular complexity index is 680. The highest BCUT2D eigenvalue weighted by Crippen LogP contribution is 2.10. The molecule has 21 heavy (non-hydrogen) atoms. The molecule has 1 amide bonds. The summed E-state index contributed by atoms with van der Waals surface area (Å²) in [5.41, 5.74) is 1.71. The van der Waals surface area contributed by atoms with Crippen LogP contribution in [0, 0.1) is 12.7 Å². The van der Waals surface area contributed by atoms with E-state index < -0.39 is 17.7 Å². The van der Waals surface area contributed by atoms with Crippen LogP contribution in [-0.2, 0) is 6.54 Å². The van der Waals surface area contributed by atoms with Crippen LogP contribution in [0.15, 0.2) is 42.5 Å². The zero-order valence-electron chi connectivity index (χ0n) is 11.4. The predicted octanol–water partition coefficient (Wildman–Crippen LogP) is 2.76. The maximum atomic E-state index is 13.6. The first-order chi connectivity index (χ1) is 9.97. The number of aromatic carboxylic acids is 1. The first-order valence-electron chi connectivity index (χ1n) is 6.34. The van der Waals surface area contributed by atoms with Gasteiger partial charge in [-0.05, 0) is 36.8 Å². The maximum Gasteiger partial charge on any atom is 0.335 e. The van der Waals surface area contributed by atoms with Crippen LogP contribution in [0.4, 0.5) is 4.39 Å². The molecule has 108 valence electrons. The van der Waals surface area contributed by atoms with Crippen molar-refractivity contribution in [3.63, 3.8) is 0 Å². The van der Waals surface area contributed by atoms with Crippen molar-refractivity contribution < 1.29 is 19.1 Å². The Balaban J connectivity index is 2.04. The molecule has 0 unspecified atom stereocenters. The molecular weight excluding hydrogens is 273 g/mol. The normalized spacial score (nSPS) is 10.2. The highest BCUT2D eigenvalue weighted by atomic mass is 19.1. The van der Waals surface area contributed by atoms with Crippen molar-refractivity contribution >= 4 is 11.9 Å². The van der Waals surface area contributed by atoms with E-state index in [1.54, 1.807) is 25.1 Å². The number of amides is 1. The number of aryl methyl sites for hydroxylation is 1. The van der Waals surface area contributed by atoms with Crippen LogP contribution in [0.25, 0.3) is 0 Å². The summed E-state index contributed by atoms with van der Waals surface area (Å²) in [6, 6.07) is 10.5. The lowest BCUT2D eigenvalue weighted by Gasteiger charge is -2.07. The third-order valence-corrected chi connectivity index (χ3v) is 3.02. The van der Waals surface area contributed by atoms with E-state index in [-0.39, 0.29) is 17.7 Å². The Morgan fingerprint density at radius 2 is 1.81 bits per heavy atom. The van der Waals surface area contributed by atoms with Crippen molar-refractivity contribution in [1.29, 1.82) is 0 Å². The summed E-state index contributed by atoms with van der Waals surface area (Å²) in [6.07, 6.45) is 0. The zero-order valence-corrected chi connectivity index (χ0v) is 11.4. The first-order valence-corrected chi connectivity index (χ1v) is 6.34. The molecule has 0 radical (unpaired) electrons. The molecule has 0 spiro atoms. The van der Waals surface area contributed by atoms with Crippen molar-refractivity contribution in [2.24, 2.45) is 0 Å². The molecule has 0 atom stereocenters. The Kier molecular flexibility index (Phi) is 4.33. The van der Waals surface area contributed by atoms with E-state index in [9.17, 15) is 14.0 Å². The molecule has 0 saturated carbocycles. The molecule has 0 aliphatic rings. The monoisotopic (exact) mass is 287 g/mol. The van der Waals surface area contributed by atoms with Gasteiger partial charge < -0.3 is 10.4 Å². The molecule has 2 rings (SSSR count). The summed E-state index contributed by atoms with van der Waals surface area (Å²) in [6.45, 7) is 1.98. The van der Waals surface area contributed by atoms with Crippen LogP contribution in [0.2, 0.25) is 0 Å². The van der Waals surface area contributed by atoms with Crippen LogP contribution in [0.5, 0.6) is 0 Å². The summed E-state index contributed by atoms with van der Waals surface area (Å²) in [5.74, 6) is -2.08.